The van der Waals surface area contributed by atoms with Gasteiger partial charge in [-0.05, 0) is 72.8 Å². The Morgan fingerprint density at radius 2 is 0.969 bits per heavy atom. The molecule has 6 heteroatoms. The summed E-state index contributed by atoms with van der Waals surface area (Å²) in [5.74, 6) is 0. The first-order valence-electron chi connectivity index (χ1n) is 9.86. The van der Waals surface area contributed by atoms with Crippen LogP contribution in [0.2, 0.25) is 0 Å². The number of halogens is 1. The van der Waals surface area contributed by atoms with E-state index in [1.165, 1.54) is 0 Å². The molecule has 1 radical (unpaired) electrons. The maximum atomic E-state index is 4.62. The number of nitrogens with zero attached hydrogens (tertiary/aromatic N) is 2. The minimum atomic E-state index is 0. The van der Waals surface area contributed by atoms with E-state index in [2.05, 4.69) is 72.3 Å². The van der Waals surface area contributed by atoms with E-state index in [1.54, 1.807) is 0 Å². The number of benzene rings is 1. The summed E-state index contributed by atoms with van der Waals surface area (Å²) in [5.41, 5.74) is 7.86. The molecule has 4 nitrogen and oxygen atoms in total. The Labute approximate surface area is 204 Å². The van der Waals surface area contributed by atoms with Gasteiger partial charge < -0.3 is 9.97 Å². The molecule has 0 spiro atoms. The van der Waals surface area contributed by atoms with E-state index in [-0.39, 0.29) is 16.8 Å². The maximum absolute atomic E-state index is 4.62. The monoisotopic (exact) mass is 524 g/mol. The maximum Gasteiger partial charge on any atom is 0.0659 e. The fraction of sp³-hybridized carbons (Fsp3) is 0. The van der Waals surface area contributed by atoms with Gasteiger partial charge in [0.2, 0.25) is 0 Å². The number of aromatic nitrogens is 4. The number of hydrogen-bond donors (Lipinski definition) is 2. The molecule has 8 bridgehead atoms. The average molecular weight is 525 g/mol. The van der Waals surface area contributed by atoms with E-state index in [9.17, 15) is 0 Å². The summed E-state index contributed by atoms with van der Waals surface area (Å²) >= 11 is 3.29. The van der Waals surface area contributed by atoms with Crippen molar-refractivity contribution in [3.63, 3.8) is 0 Å². The van der Waals surface area contributed by atoms with Crippen molar-refractivity contribution in [3.8, 4) is 0 Å². The molecule has 6 rings (SSSR count). The molecule has 3 aromatic heterocycles. The molecule has 32 heavy (non-hydrogen) atoms. The summed E-state index contributed by atoms with van der Waals surface area (Å²) < 4.78 is 1.10. The number of rotatable bonds is 0. The van der Waals surface area contributed by atoms with Crippen LogP contribution in [0.1, 0.15) is 22.8 Å². The first-order chi connectivity index (χ1) is 15.2. The fourth-order valence-electron chi connectivity index (χ4n) is 3.31. The van der Waals surface area contributed by atoms with E-state index in [4.69, 9.17) is 0 Å². The van der Waals surface area contributed by atoms with Crippen molar-refractivity contribution in [1.29, 1.82) is 0 Å². The van der Waals surface area contributed by atoms with Gasteiger partial charge in [-0.2, -0.15) is 30.3 Å². The SMILES string of the molecule is Brc1cc[c-]cc1.C1=Cc2cc3ccc(cc4ccc(cc5nc(cc1n2)C=C5)[nH]4)[nH]3.[Co]. The van der Waals surface area contributed by atoms with Crippen LogP contribution < -0.4 is 0 Å². The molecule has 159 valence electrons. The Morgan fingerprint density at radius 3 is 1.38 bits per heavy atom. The molecular formula is C26H18BrCoN4-. The van der Waals surface area contributed by atoms with Crippen LogP contribution in [0.3, 0.4) is 0 Å². The fourth-order valence-corrected chi connectivity index (χ4v) is 3.57. The number of fused-ring (bicyclic) bond motifs is 8. The number of hydrogen-bond acceptors (Lipinski definition) is 2. The number of H-pyrrole nitrogens is 2. The van der Waals surface area contributed by atoms with Gasteiger partial charge in [0, 0.05) is 38.8 Å². The number of aromatic amines is 2. The molecule has 5 heterocycles. The number of nitrogens with one attached hydrogen (secondary N) is 2. The van der Waals surface area contributed by atoms with E-state index >= 15 is 0 Å². The second-order valence-corrected chi connectivity index (χ2v) is 8.04. The Bertz CT molecular complexity index is 1360. The van der Waals surface area contributed by atoms with Gasteiger partial charge in [-0.1, -0.05) is 20.4 Å². The molecule has 0 saturated heterocycles. The van der Waals surface area contributed by atoms with Crippen LogP contribution >= 0.6 is 15.9 Å². The van der Waals surface area contributed by atoms with Crippen LogP contribution in [0.5, 0.6) is 0 Å². The smallest absolute Gasteiger partial charge is 0.0659 e. The first-order valence-corrected chi connectivity index (χ1v) is 10.6. The van der Waals surface area contributed by atoms with Gasteiger partial charge in [-0.3, -0.25) is 0 Å². The van der Waals surface area contributed by atoms with Crippen LogP contribution in [0, 0.1) is 6.07 Å². The summed E-state index contributed by atoms with van der Waals surface area (Å²) in [5, 5.41) is 0. The van der Waals surface area contributed by atoms with Gasteiger partial charge in [0.25, 0.3) is 0 Å². The zero-order valence-corrected chi connectivity index (χ0v) is 19.5. The van der Waals surface area contributed by atoms with Crippen LogP contribution in [0.25, 0.3) is 46.4 Å². The standard InChI is InChI=1S/C20H14N4.C6H4Br.Co/c1-2-14-10-16-5-6-18(23-16)12-20-8-7-19(24-20)11-17-4-3-15(22-17)9-13(1)21-14;7-6-4-2-1-3-5-6;/h1-12,21-22H;2-5H;/q;-1;. The molecule has 1 aromatic carbocycles. The zero-order chi connectivity index (χ0) is 21.0. The Balaban J connectivity index is 0.000000265. The Kier molecular flexibility index (Phi) is 6.85. The molecular weight excluding hydrogens is 507 g/mol. The summed E-state index contributed by atoms with van der Waals surface area (Å²) in [7, 11) is 0. The first kappa shape index (κ1) is 22.0. The Hall–Kier alpha value is -3.19. The molecule has 0 amide bonds. The van der Waals surface area contributed by atoms with Crippen LogP contribution in [0.15, 0.2) is 77.3 Å². The van der Waals surface area contributed by atoms with E-state index in [0.717, 1.165) is 49.3 Å². The average Bonchev–Trinajstić information content (AvgIpc) is 3.55. The summed E-state index contributed by atoms with van der Waals surface area (Å²) in [4.78, 5) is 16.0. The topological polar surface area (TPSA) is 57.4 Å². The molecule has 2 aliphatic heterocycles. The van der Waals surface area contributed by atoms with Gasteiger partial charge in [0.1, 0.15) is 0 Å². The molecule has 0 atom stereocenters. The van der Waals surface area contributed by atoms with Gasteiger partial charge in [-0.15, -0.1) is 0 Å². The third-order valence-electron chi connectivity index (χ3n) is 4.72. The van der Waals surface area contributed by atoms with Crippen LogP contribution in [-0.2, 0) is 16.8 Å². The predicted octanol–water partition coefficient (Wildman–Crippen LogP) is 6.90. The zero-order valence-electron chi connectivity index (χ0n) is 16.8. The largest absolute Gasteiger partial charge is 0.355 e. The van der Waals surface area contributed by atoms with Gasteiger partial charge in [0.05, 0.1) is 22.8 Å². The van der Waals surface area contributed by atoms with Gasteiger partial charge in [0.15, 0.2) is 0 Å². The van der Waals surface area contributed by atoms with Crippen molar-refractivity contribution in [2.75, 3.05) is 0 Å². The van der Waals surface area contributed by atoms with Crippen molar-refractivity contribution < 1.29 is 16.8 Å². The predicted molar refractivity (Wildman–Crippen MR) is 132 cm³/mol. The third-order valence-corrected chi connectivity index (χ3v) is 5.25. The van der Waals surface area contributed by atoms with E-state index < -0.39 is 0 Å². The minimum Gasteiger partial charge on any atom is -0.355 e. The van der Waals surface area contributed by atoms with Crippen molar-refractivity contribution in [3.05, 3.63) is 106 Å². The summed E-state index contributed by atoms with van der Waals surface area (Å²) in [6, 6.07) is 26.9. The quantitative estimate of drug-likeness (QED) is 0.212. The second-order valence-electron chi connectivity index (χ2n) is 7.12. The second kappa shape index (κ2) is 9.95. The third kappa shape index (κ3) is 5.53. The molecule has 0 aliphatic carbocycles. The normalized spacial score (nSPS) is 11.4. The van der Waals surface area contributed by atoms with Crippen molar-refractivity contribution in [2.24, 2.45) is 0 Å². The molecule has 2 aliphatic rings. The molecule has 0 unspecified atom stereocenters. The van der Waals surface area contributed by atoms with Gasteiger partial charge in [-0.25, -0.2) is 9.97 Å². The van der Waals surface area contributed by atoms with E-state index in [0.29, 0.717) is 0 Å². The van der Waals surface area contributed by atoms with E-state index in [1.807, 2.05) is 66.8 Å². The molecule has 0 saturated carbocycles. The van der Waals surface area contributed by atoms with Crippen LogP contribution in [0.4, 0.5) is 0 Å². The molecule has 4 aromatic rings. The van der Waals surface area contributed by atoms with Crippen LogP contribution in [-0.4, -0.2) is 19.9 Å². The van der Waals surface area contributed by atoms with Crippen molar-refractivity contribution >= 4 is 62.3 Å². The minimum absolute atomic E-state index is 0. The van der Waals surface area contributed by atoms with Gasteiger partial charge >= 0.3 is 0 Å². The van der Waals surface area contributed by atoms with Crippen molar-refractivity contribution in [2.45, 2.75) is 0 Å². The van der Waals surface area contributed by atoms with Crippen molar-refractivity contribution in [1.82, 2.24) is 19.9 Å². The Morgan fingerprint density at radius 1 is 0.562 bits per heavy atom. The summed E-state index contributed by atoms with van der Waals surface area (Å²) in [6.45, 7) is 0. The summed E-state index contributed by atoms with van der Waals surface area (Å²) in [6.07, 6.45) is 8.05. The molecule has 2 N–H and O–H groups in total. The molecule has 0 fully saturated rings.